The Bertz CT molecular complexity index is 2520. The molecule has 9 aromatic rings. The van der Waals surface area contributed by atoms with Crippen LogP contribution in [0.25, 0.3) is 77.8 Å². The van der Waals surface area contributed by atoms with Gasteiger partial charge in [-0.3, -0.25) is 9.13 Å². The molecule has 0 radical (unpaired) electrons. The van der Waals surface area contributed by atoms with Gasteiger partial charge in [-0.05, 0) is 39.3 Å². The van der Waals surface area contributed by atoms with E-state index in [1.54, 1.807) is 0 Å². The molecule has 45 heavy (non-hydrogen) atoms. The van der Waals surface area contributed by atoms with Crippen molar-refractivity contribution in [3.8, 4) is 34.2 Å². The highest BCUT2D eigenvalue weighted by Gasteiger charge is 2.42. The third kappa shape index (κ3) is 2.93. The Labute approximate surface area is 258 Å². The lowest BCUT2D eigenvalue weighted by Crippen LogP contribution is -2.59. The molecule has 0 N–H and O–H groups in total. The zero-order valence-electron chi connectivity index (χ0n) is 24.1. The molecule has 5 heteroatoms. The third-order valence-corrected chi connectivity index (χ3v) is 9.87. The van der Waals surface area contributed by atoms with Crippen molar-refractivity contribution in [2.24, 2.45) is 0 Å². The van der Waals surface area contributed by atoms with E-state index in [9.17, 15) is 0 Å². The second-order valence-corrected chi connectivity index (χ2v) is 12.2. The molecule has 0 aliphatic carbocycles. The van der Waals surface area contributed by atoms with Crippen LogP contribution in [0.3, 0.4) is 0 Å². The highest BCUT2D eigenvalue weighted by atomic mass is 15.1. The van der Waals surface area contributed by atoms with Gasteiger partial charge in [0, 0.05) is 33.3 Å². The predicted molar refractivity (Wildman–Crippen MR) is 186 cm³/mol. The van der Waals surface area contributed by atoms with Crippen LogP contribution in [0.1, 0.15) is 0 Å². The van der Waals surface area contributed by atoms with Gasteiger partial charge in [0.1, 0.15) is 11.6 Å². The number of fused-ring (bicyclic) bond motifs is 8. The highest BCUT2D eigenvalue weighted by Crippen LogP contribution is 2.39. The third-order valence-electron chi connectivity index (χ3n) is 9.87. The van der Waals surface area contributed by atoms with Gasteiger partial charge in [-0.1, -0.05) is 127 Å². The van der Waals surface area contributed by atoms with Crippen LogP contribution in [0, 0.1) is 0 Å². The first-order valence-corrected chi connectivity index (χ1v) is 15.5. The smallest absolute Gasteiger partial charge is 0.252 e. The van der Waals surface area contributed by atoms with Crippen LogP contribution < -0.4 is 16.4 Å². The molecular weight excluding hydrogens is 547 g/mol. The Balaban J connectivity index is 1.37. The summed E-state index contributed by atoms with van der Waals surface area (Å²) in [6.07, 6.45) is 0. The van der Waals surface area contributed by atoms with E-state index in [1.165, 1.54) is 60.3 Å². The number of aromatic nitrogens is 4. The van der Waals surface area contributed by atoms with Crippen molar-refractivity contribution in [2.75, 3.05) is 0 Å². The van der Waals surface area contributed by atoms with Gasteiger partial charge in [0.05, 0.1) is 22.1 Å². The SMILES string of the molecule is c1ccc(-c2nc3c4ccccc4cc4c3n2-c2cccc3c2B4c2cc4ccccc4c4nc(-c5ccccc5)n-3c24)cc1. The molecule has 0 amide bonds. The Morgan fingerprint density at radius 2 is 0.889 bits per heavy atom. The topological polar surface area (TPSA) is 35.6 Å². The Kier molecular flexibility index (Phi) is 4.37. The van der Waals surface area contributed by atoms with Crippen molar-refractivity contribution < 1.29 is 0 Å². The summed E-state index contributed by atoms with van der Waals surface area (Å²) in [5, 5.41) is 4.79. The van der Waals surface area contributed by atoms with E-state index in [2.05, 4.69) is 149 Å². The second-order valence-electron chi connectivity index (χ2n) is 12.2. The molecule has 2 aliphatic heterocycles. The van der Waals surface area contributed by atoms with Gasteiger partial charge >= 0.3 is 0 Å². The van der Waals surface area contributed by atoms with Crippen molar-refractivity contribution in [3.63, 3.8) is 0 Å². The average molecular weight is 570 g/mol. The minimum atomic E-state index is 0.0380. The first-order chi connectivity index (χ1) is 22.3. The first kappa shape index (κ1) is 23.5. The molecule has 0 saturated heterocycles. The summed E-state index contributed by atoms with van der Waals surface area (Å²) in [6.45, 7) is 0.0380. The van der Waals surface area contributed by atoms with Crippen molar-refractivity contribution in [2.45, 2.75) is 0 Å². The minimum absolute atomic E-state index is 0.0380. The van der Waals surface area contributed by atoms with E-state index >= 15 is 0 Å². The molecule has 0 unspecified atom stereocenters. The number of hydrogen-bond acceptors (Lipinski definition) is 2. The molecule has 2 aliphatic rings. The lowest BCUT2D eigenvalue weighted by atomic mass is 9.34. The molecule has 0 saturated carbocycles. The van der Waals surface area contributed by atoms with Crippen LogP contribution in [0.4, 0.5) is 0 Å². The van der Waals surface area contributed by atoms with Crippen LogP contribution >= 0.6 is 0 Å². The summed E-state index contributed by atoms with van der Waals surface area (Å²) in [5.41, 5.74) is 13.0. The normalized spacial score (nSPS) is 12.8. The second kappa shape index (κ2) is 8.37. The number of nitrogens with zero attached hydrogens (tertiary/aromatic N) is 4. The average Bonchev–Trinajstić information content (AvgIpc) is 3.71. The predicted octanol–water partition coefficient (Wildman–Crippen LogP) is 7.15. The molecular formula is C40H23BN4. The van der Waals surface area contributed by atoms with E-state index in [-0.39, 0.29) is 6.71 Å². The van der Waals surface area contributed by atoms with Gasteiger partial charge in [-0.15, -0.1) is 0 Å². The maximum atomic E-state index is 5.45. The first-order valence-electron chi connectivity index (χ1n) is 15.5. The molecule has 206 valence electrons. The molecule has 0 atom stereocenters. The summed E-state index contributed by atoms with van der Waals surface area (Å²) in [5.74, 6) is 1.94. The van der Waals surface area contributed by atoms with Gasteiger partial charge < -0.3 is 0 Å². The molecule has 4 nitrogen and oxygen atoms in total. The van der Waals surface area contributed by atoms with Gasteiger partial charge in [-0.2, -0.15) is 0 Å². The lowest BCUT2D eigenvalue weighted by molar-refractivity contribution is 1.07. The van der Waals surface area contributed by atoms with E-state index in [0.29, 0.717) is 0 Å². The molecule has 0 bridgehead atoms. The molecule has 7 aromatic carbocycles. The Hall–Kier alpha value is -5.94. The van der Waals surface area contributed by atoms with E-state index in [0.717, 1.165) is 33.8 Å². The quantitative estimate of drug-likeness (QED) is 0.207. The number of hydrogen-bond donors (Lipinski definition) is 0. The van der Waals surface area contributed by atoms with Crippen LogP contribution in [0.5, 0.6) is 0 Å². The van der Waals surface area contributed by atoms with Gasteiger partial charge in [0.2, 0.25) is 0 Å². The zero-order valence-corrected chi connectivity index (χ0v) is 24.1. The lowest BCUT2D eigenvalue weighted by Gasteiger charge is -2.33. The summed E-state index contributed by atoms with van der Waals surface area (Å²) < 4.78 is 4.84. The highest BCUT2D eigenvalue weighted by molar-refractivity contribution is 7.00. The Morgan fingerprint density at radius 1 is 0.444 bits per heavy atom. The molecule has 4 heterocycles. The van der Waals surface area contributed by atoms with Crippen molar-refractivity contribution in [1.29, 1.82) is 0 Å². The van der Waals surface area contributed by atoms with Crippen LogP contribution in [-0.4, -0.2) is 25.8 Å². The molecule has 2 aromatic heterocycles. The van der Waals surface area contributed by atoms with Gasteiger partial charge in [0.25, 0.3) is 6.71 Å². The van der Waals surface area contributed by atoms with E-state index in [1.807, 2.05) is 0 Å². The van der Waals surface area contributed by atoms with E-state index < -0.39 is 0 Å². The monoisotopic (exact) mass is 570 g/mol. The number of imidazole rings is 2. The summed E-state index contributed by atoms with van der Waals surface area (Å²) in [7, 11) is 0. The van der Waals surface area contributed by atoms with Crippen molar-refractivity contribution in [1.82, 2.24) is 19.1 Å². The molecule has 0 spiro atoms. The zero-order chi connectivity index (χ0) is 29.2. The number of benzene rings is 7. The minimum Gasteiger partial charge on any atom is -0.293 e. The molecule has 11 rings (SSSR count). The summed E-state index contributed by atoms with van der Waals surface area (Å²) in [4.78, 5) is 10.9. The largest absolute Gasteiger partial charge is 0.293 e. The maximum Gasteiger partial charge on any atom is 0.252 e. The fourth-order valence-corrected chi connectivity index (χ4v) is 8.07. The maximum absolute atomic E-state index is 5.45. The van der Waals surface area contributed by atoms with Crippen LogP contribution in [0.2, 0.25) is 0 Å². The van der Waals surface area contributed by atoms with Crippen LogP contribution in [0.15, 0.2) is 140 Å². The van der Waals surface area contributed by atoms with Gasteiger partial charge in [0.15, 0.2) is 0 Å². The van der Waals surface area contributed by atoms with Crippen LogP contribution in [-0.2, 0) is 0 Å². The standard InChI is InChI=1S/C40H23BN4/c1-3-12-24(13-4-1)39-42-35-28-18-9-7-16-26(28)22-30-37(35)44(39)32-20-11-21-33-34(32)41(30)31-23-27-17-8-10-19-29(27)36-38(31)45(33)40(43-36)25-14-5-2-6-15-25/h1-23H. The number of rotatable bonds is 2. The Morgan fingerprint density at radius 3 is 1.38 bits per heavy atom. The van der Waals surface area contributed by atoms with E-state index in [4.69, 9.17) is 9.97 Å². The fourth-order valence-electron chi connectivity index (χ4n) is 8.07. The van der Waals surface area contributed by atoms with Crippen molar-refractivity contribution >= 4 is 66.7 Å². The summed E-state index contributed by atoms with van der Waals surface area (Å²) in [6, 6.07) is 50.2. The van der Waals surface area contributed by atoms with Gasteiger partial charge in [-0.25, -0.2) is 9.97 Å². The summed E-state index contributed by atoms with van der Waals surface area (Å²) >= 11 is 0. The fraction of sp³-hybridized carbons (Fsp3) is 0. The molecule has 0 fully saturated rings. The van der Waals surface area contributed by atoms with Crippen molar-refractivity contribution in [3.05, 3.63) is 140 Å².